The number of halogens is 2. The van der Waals surface area contributed by atoms with E-state index in [1.807, 2.05) is 11.9 Å². The number of hydrogen-bond acceptors (Lipinski definition) is 5. The van der Waals surface area contributed by atoms with Crippen LogP contribution in [0, 0.1) is 0 Å². The maximum atomic E-state index is 12.4. The van der Waals surface area contributed by atoms with E-state index in [9.17, 15) is 17.2 Å². The van der Waals surface area contributed by atoms with Crippen LogP contribution < -0.4 is 10.1 Å². The fourth-order valence-corrected chi connectivity index (χ4v) is 5.25. The normalized spacial score (nSPS) is 16.2. The van der Waals surface area contributed by atoms with Gasteiger partial charge >= 0.3 is 6.61 Å². The molecule has 2 rings (SSSR count). The number of alkyl halides is 2. The van der Waals surface area contributed by atoms with Crippen LogP contribution in [0.2, 0.25) is 0 Å². The Morgan fingerprint density at radius 3 is 2.54 bits per heavy atom. The fraction of sp³-hybridized carbons (Fsp3) is 0.588. The van der Waals surface area contributed by atoms with Crippen LogP contribution >= 0.6 is 11.8 Å². The molecule has 1 aromatic rings. The minimum atomic E-state index is -3.28. The first-order valence-corrected chi connectivity index (χ1v) is 11.6. The second-order valence-corrected chi connectivity index (χ2v) is 9.49. The Morgan fingerprint density at radius 1 is 1.32 bits per heavy atom. The molecule has 11 heteroatoms. The van der Waals surface area contributed by atoms with Crippen LogP contribution in [-0.2, 0) is 16.6 Å². The van der Waals surface area contributed by atoms with Crippen molar-refractivity contribution in [1.82, 2.24) is 14.5 Å². The number of aliphatic imine (C=N–C) groups is 1. The molecule has 1 N–H and O–H groups in total. The molecule has 0 amide bonds. The number of benzene rings is 1. The standard InChI is InChI=1S/C17H26F2N4O3S2/c1-20-17(21-7-12-28(24,25)23-8-10-27-11-9-23)22(2)13-14-3-5-15(6-4-14)26-16(18)19/h3-6,16H,7-13H2,1-2H3,(H,20,21). The van der Waals surface area contributed by atoms with E-state index in [1.54, 1.807) is 35.2 Å². The highest BCUT2D eigenvalue weighted by molar-refractivity contribution is 7.99. The van der Waals surface area contributed by atoms with Gasteiger partial charge in [-0.05, 0) is 17.7 Å². The summed E-state index contributed by atoms with van der Waals surface area (Å²) >= 11 is 1.76. The van der Waals surface area contributed by atoms with Gasteiger partial charge in [0.1, 0.15) is 5.75 Å². The van der Waals surface area contributed by atoms with E-state index in [0.29, 0.717) is 25.6 Å². The van der Waals surface area contributed by atoms with E-state index >= 15 is 0 Å². The highest BCUT2D eigenvalue weighted by Gasteiger charge is 2.23. The molecule has 0 atom stereocenters. The molecule has 1 saturated heterocycles. The Hall–Kier alpha value is -1.59. The van der Waals surface area contributed by atoms with Crippen molar-refractivity contribution in [1.29, 1.82) is 0 Å². The molecule has 0 aliphatic carbocycles. The van der Waals surface area contributed by atoms with Crippen molar-refractivity contribution in [2.24, 2.45) is 4.99 Å². The Morgan fingerprint density at radius 2 is 1.96 bits per heavy atom. The quantitative estimate of drug-likeness (QED) is 0.494. The maximum absolute atomic E-state index is 12.4. The van der Waals surface area contributed by atoms with Crippen molar-refractivity contribution in [3.8, 4) is 5.75 Å². The monoisotopic (exact) mass is 436 g/mol. The minimum absolute atomic E-state index is 0.00416. The Kier molecular flexibility index (Phi) is 8.77. The molecule has 0 radical (unpaired) electrons. The molecule has 1 aliphatic heterocycles. The minimum Gasteiger partial charge on any atom is -0.435 e. The number of thioether (sulfide) groups is 1. The second kappa shape index (κ2) is 10.8. The average molecular weight is 437 g/mol. The summed E-state index contributed by atoms with van der Waals surface area (Å²) in [5.74, 6) is 2.32. The predicted molar refractivity (Wildman–Crippen MR) is 109 cm³/mol. The Bertz CT molecular complexity index is 739. The zero-order valence-electron chi connectivity index (χ0n) is 16.0. The summed E-state index contributed by atoms with van der Waals surface area (Å²) in [5.41, 5.74) is 0.880. The van der Waals surface area contributed by atoms with Crippen molar-refractivity contribution < 1.29 is 21.9 Å². The topological polar surface area (TPSA) is 74.2 Å². The van der Waals surface area contributed by atoms with Gasteiger partial charge in [0, 0.05) is 51.8 Å². The number of sulfonamides is 1. The maximum Gasteiger partial charge on any atom is 0.387 e. The molecule has 1 aromatic carbocycles. The van der Waals surface area contributed by atoms with Crippen LogP contribution in [0.25, 0.3) is 0 Å². The van der Waals surface area contributed by atoms with Gasteiger partial charge in [-0.25, -0.2) is 12.7 Å². The van der Waals surface area contributed by atoms with Gasteiger partial charge in [-0.15, -0.1) is 0 Å². The molecule has 0 aromatic heterocycles. The number of ether oxygens (including phenoxy) is 1. The van der Waals surface area contributed by atoms with Crippen molar-refractivity contribution in [3.05, 3.63) is 29.8 Å². The summed E-state index contributed by atoms with van der Waals surface area (Å²) < 4.78 is 55.0. The molecular formula is C17H26F2N4O3S2. The van der Waals surface area contributed by atoms with E-state index in [4.69, 9.17) is 0 Å². The molecule has 0 unspecified atom stereocenters. The zero-order valence-corrected chi connectivity index (χ0v) is 17.6. The van der Waals surface area contributed by atoms with Crippen molar-refractivity contribution in [2.75, 3.05) is 51.0 Å². The van der Waals surface area contributed by atoms with E-state index in [0.717, 1.165) is 17.1 Å². The van der Waals surface area contributed by atoms with Crippen LogP contribution in [0.4, 0.5) is 8.78 Å². The molecule has 0 bridgehead atoms. The third-order valence-corrected chi connectivity index (χ3v) is 6.96. The smallest absolute Gasteiger partial charge is 0.387 e. The van der Waals surface area contributed by atoms with E-state index in [-0.39, 0.29) is 18.0 Å². The molecule has 1 aliphatic rings. The largest absolute Gasteiger partial charge is 0.435 e. The first kappa shape index (κ1) is 22.7. The first-order chi connectivity index (χ1) is 13.3. The highest BCUT2D eigenvalue weighted by atomic mass is 32.2. The molecule has 0 spiro atoms. The number of hydrogen-bond donors (Lipinski definition) is 1. The first-order valence-electron chi connectivity index (χ1n) is 8.83. The van der Waals surface area contributed by atoms with E-state index in [1.165, 1.54) is 12.1 Å². The second-order valence-electron chi connectivity index (χ2n) is 6.18. The molecule has 158 valence electrons. The summed E-state index contributed by atoms with van der Waals surface area (Å²) in [6.45, 7) is -0.995. The summed E-state index contributed by atoms with van der Waals surface area (Å²) in [4.78, 5) is 6.00. The number of rotatable bonds is 8. The van der Waals surface area contributed by atoms with Crippen LogP contribution in [-0.4, -0.2) is 81.2 Å². The van der Waals surface area contributed by atoms with Crippen LogP contribution in [0.3, 0.4) is 0 Å². The average Bonchev–Trinajstić information content (AvgIpc) is 2.67. The fourth-order valence-electron chi connectivity index (χ4n) is 2.76. The van der Waals surface area contributed by atoms with Crippen LogP contribution in [0.1, 0.15) is 5.56 Å². The van der Waals surface area contributed by atoms with Gasteiger partial charge in [-0.1, -0.05) is 12.1 Å². The van der Waals surface area contributed by atoms with Crippen molar-refractivity contribution in [3.63, 3.8) is 0 Å². The summed E-state index contributed by atoms with van der Waals surface area (Å²) in [6, 6.07) is 6.35. The molecule has 1 heterocycles. The number of nitrogens with zero attached hydrogens (tertiary/aromatic N) is 3. The van der Waals surface area contributed by atoms with Gasteiger partial charge < -0.3 is 15.0 Å². The lowest BCUT2D eigenvalue weighted by Crippen LogP contribution is -2.44. The molecule has 28 heavy (non-hydrogen) atoms. The van der Waals surface area contributed by atoms with Crippen LogP contribution in [0.5, 0.6) is 5.75 Å². The molecule has 1 fully saturated rings. The van der Waals surface area contributed by atoms with Crippen molar-refractivity contribution >= 4 is 27.7 Å². The third-order valence-electron chi connectivity index (χ3n) is 4.15. The Balaban J connectivity index is 1.83. The van der Waals surface area contributed by atoms with E-state index < -0.39 is 16.6 Å². The van der Waals surface area contributed by atoms with Gasteiger partial charge in [-0.3, -0.25) is 4.99 Å². The number of guanidine groups is 1. The summed E-state index contributed by atoms with van der Waals surface area (Å²) in [6.07, 6.45) is 0. The van der Waals surface area contributed by atoms with Crippen molar-refractivity contribution in [2.45, 2.75) is 13.2 Å². The van der Waals surface area contributed by atoms with Gasteiger partial charge in [0.05, 0.1) is 5.75 Å². The third kappa shape index (κ3) is 7.10. The van der Waals surface area contributed by atoms with Gasteiger partial charge in [0.25, 0.3) is 0 Å². The number of nitrogens with one attached hydrogen (secondary N) is 1. The molecule has 7 nitrogen and oxygen atoms in total. The SMILES string of the molecule is CN=C(NCCS(=O)(=O)N1CCSCC1)N(C)Cc1ccc(OC(F)F)cc1. The molecule has 0 saturated carbocycles. The van der Waals surface area contributed by atoms with Gasteiger partial charge in [-0.2, -0.15) is 20.5 Å². The molecular weight excluding hydrogens is 410 g/mol. The van der Waals surface area contributed by atoms with Crippen LogP contribution in [0.15, 0.2) is 29.3 Å². The lowest BCUT2D eigenvalue weighted by atomic mass is 10.2. The summed E-state index contributed by atoms with van der Waals surface area (Å²) in [5, 5.41) is 3.06. The zero-order chi connectivity index (χ0) is 20.6. The van der Waals surface area contributed by atoms with E-state index in [2.05, 4.69) is 15.0 Å². The Labute approximate surface area is 169 Å². The summed E-state index contributed by atoms with van der Waals surface area (Å²) in [7, 11) is 0.157. The highest BCUT2D eigenvalue weighted by Crippen LogP contribution is 2.16. The van der Waals surface area contributed by atoms with Gasteiger partial charge in [0.15, 0.2) is 5.96 Å². The predicted octanol–water partition coefficient (Wildman–Crippen LogP) is 1.67. The lowest BCUT2D eigenvalue weighted by molar-refractivity contribution is -0.0498. The lowest BCUT2D eigenvalue weighted by Gasteiger charge is -2.26. The van der Waals surface area contributed by atoms with Gasteiger partial charge in [0.2, 0.25) is 10.0 Å².